The van der Waals surface area contributed by atoms with Crippen LogP contribution in [0.5, 0.6) is 0 Å². The minimum absolute atomic E-state index is 0.0258. The second-order valence-electron chi connectivity index (χ2n) is 7.63. The van der Waals surface area contributed by atoms with Crippen LogP contribution in [-0.4, -0.2) is 75.1 Å². The molecule has 152 valence electrons. The zero-order valence-electron chi connectivity index (χ0n) is 16.2. The Kier molecular flexibility index (Phi) is 5.23. The molecule has 2 fully saturated rings. The number of nitrogens with zero attached hydrogens (tertiary/aromatic N) is 5. The predicted molar refractivity (Wildman–Crippen MR) is 103 cm³/mol. The van der Waals surface area contributed by atoms with Crippen LogP contribution in [0.1, 0.15) is 40.1 Å². The van der Waals surface area contributed by atoms with Gasteiger partial charge in [0.2, 0.25) is 0 Å². The molecule has 2 aromatic heterocycles. The maximum Gasteiger partial charge on any atom is 0.272 e. The largest absolute Gasteiger partial charge is 0.346 e. The molecule has 0 aromatic carbocycles. The van der Waals surface area contributed by atoms with Gasteiger partial charge in [0.1, 0.15) is 0 Å². The van der Waals surface area contributed by atoms with Gasteiger partial charge >= 0.3 is 0 Å². The molecule has 2 aromatic rings. The number of nitrogens with one attached hydrogen (secondary N) is 1. The minimum Gasteiger partial charge on any atom is -0.346 e. The molecule has 4 heterocycles. The van der Waals surface area contributed by atoms with Crippen molar-refractivity contribution in [2.45, 2.75) is 30.8 Å². The quantitative estimate of drug-likeness (QED) is 0.833. The number of carbonyl (C=O) groups is 2. The fourth-order valence-corrected chi connectivity index (χ4v) is 4.49. The van der Waals surface area contributed by atoms with E-state index in [2.05, 4.69) is 25.4 Å². The summed E-state index contributed by atoms with van der Waals surface area (Å²) in [5.41, 5.74) is -0.104. The van der Waals surface area contributed by atoms with Crippen LogP contribution < -0.4 is 5.32 Å². The first-order chi connectivity index (χ1) is 14.0. The summed E-state index contributed by atoms with van der Waals surface area (Å²) in [5.74, 6) is -1.24. The molecule has 8 nitrogen and oxygen atoms in total. The Hall–Kier alpha value is -2.94. The van der Waals surface area contributed by atoms with Crippen molar-refractivity contribution in [3.8, 4) is 0 Å². The van der Waals surface area contributed by atoms with Crippen LogP contribution in [0, 0.1) is 5.82 Å². The van der Waals surface area contributed by atoms with E-state index in [0.717, 1.165) is 32.0 Å². The van der Waals surface area contributed by atoms with Crippen molar-refractivity contribution in [2.24, 2.45) is 0 Å². The number of piperidine rings is 1. The molecule has 2 aliphatic heterocycles. The summed E-state index contributed by atoms with van der Waals surface area (Å²) in [5, 5.41) is 10.7. The average molecular weight is 398 g/mol. The highest BCUT2D eigenvalue weighted by atomic mass is 19.1. The molecular weight excluding hydrogens is 375 g/mol. The molecular formula is C20H23FN6O2. The van der Waals surface area contributed by atoms with Gasteiger partial charge in [0.25, 0.3) is 11.8 Å². The van der Waals surface area contributed by atoms with E-state index in [1.165, 1.54) is 18.5 Å². The number of rotatable bonds is 3. The summed E-state index contributed by atoms with van der Waals surface area (Å²) in [6.45, 7) is 1.79. The average Bonchev–Trinajstić information content (AvgIpc) is 3.03. The summed E-state index contributed by atoms with van der Waals surface area (Å²) in [7, 11) is 2.01. The van der Waals surface area contributed by atoms with Crippen LogP contribution in [0.25, 0.3) is 0 Å². The van der Waals surface area contributed by atoms with E-state index < -0.39 is 11.4 Å². The fourth-order valence-electron chi connectivity index (χ4n) is 4.49. The van der Waals surface area contributed by atoms with Crippen molar-refractivity contribution in [1.82, 2.24) is 30.3 Å². The van der Waals surface area contributed by atoms with Gasteiger partial charge in [-0.1, -0.05) is 0 Å². The topological polar surface area (TPSA) is 91.3 Å². The van der Waals surface area contributed by atoms with E-state index in [1.807, 2.05) is 7.05 Å². The first-order valence-corrected chi connectivity index (χ1v) is 9.70. The molecule has 1 spiro atoms. The summed E-state index contributed by atoms with van der Waals surface area (Å²) < 4.78 is 14.1. The molecule has 1 N–H and O–H groups in total. The van der Waals surface area contributed by atoms with Crippen molar-refractivity contribution in [2.75, 3.05) is 26.7 Å². The second-order valence-corrected chi connectivity index (χ2v) is 7.63. The van der Waals surface area contributed by atoms with E-state index in [-0.39, 0.29) is 29.1 Å². The maximum absolute atomic E-state index is 14.1. The van der Waals surface area contributed by atoms with Gasteiger partial charge in [0.15, 0.2) is 11.5 Å². The Morgan fingerprint density at radius 3 is 2.90 bits per heavy atom. The van der Waals surface area contributed by atoms with E-state index >= 15 is 0 Å². The van der Waals surface area contributed by atoms with Crippen molar-refractivity contribution >= 4 is 11.8 Å². The molecule has 0 bridgehead atoms. The van der Waals surface area contributed by atoms with Gasteiger partial charge in [-0.15, -0.1) is 5.10 Å². The first-order valence-electron chi connectivity index (χ1n) is 9.70. The van der Waals surface area contributed by atoms with Crippen molar-refractivity contribution in [3.05, 3.63) is 53.9 Å². The Balaban J connectivity index is 1.55. The third-order valence-corrected chi connectivity index (χ3v) is 6.06. The van der Waals surface area contributed by atoms with Crippen molar-refractivity contribution < 1.29 is 14.0 Å². The van der Waals surface area contributed by atoms with Crippen LogP contribution in [0.4, 0.5) is 4.39 Å². The molecule has 2 atom stereocenters. The predicted octanol–water partition coefficient (Wildman–Crippen LogP) is 1.12. The van der Waals surface area contributed by atoms with Gasteiger partial charge in [-0.25, -0.2) is 4.39 Å². The van der Waals surface area contributed by atoms with Gasteiger partial charge < -0.3 is 10.2 Å². The molecule has 4 rings (SSSR count). The molecule has 2 saturated heterocycles. The van der Waals surface area contributed by atoms with E-state index in [9.17, 15) is 14.0 Å². The second kappa shape index (κ2) is 7.82. The summed E-state index contributed by atoms with van der Waals surface area (Å²) in [4.78, 5) is 33.2. The van der Waals surface area contributed by atoms with Gasteiger partial charge in [0, 0.05) is 32.0 Å². The lowest BCUT2D eigenvalue weighted by molar-refractivity contribution is 0.0313. The number of pyridine rings is 1. The number of hydrogen-bond acceptors (Lipinski definition) is 6. The molecule has 2 amide bonds. The maximum atomic E-state index is 14.1. The highest BCUT2D eigenvalue weighted by Gasteiger charge is 2.50. The van der Waals surface area contributed by atoms with Gasteiger partial charge in [-0.3, -0.25) is 19.5 Å². The summed E-state index contributed by atoms with van der Waals surface area (Å²) >= 11 is 0. The van der Waals surface area contributed by atoms with E-state index in [0.29, 0.717) is 13.1 Å². The van der Waals surface area contributed by atoms with Gasteiger partial charge in [0.05, 0.1) is 23.3 Å². The molecule has 0 radical (unpaired) electrons. The third kappa shape index (κ3) is 3.57. The lowest BCUT2D eigenvalue weighted by atomic mass is 9.82. The number of amides is 2. The Morgan fingerprint density at radius 1 is 1.28 bits per heavy atom. The Labute approximate surface area is 168 Å². The summed E-state index contributed by atoms with van der Waals surface area (Å²) in [6, 6.07) is 4.56. The lowest BCUT2D eigenvalue weighted by Gasteiger charge is -2.47. The first kappa shape index (κ1) is 19.4. The molecule has 9 heteroatoms. The molecule has 2 unspecified atom stereocenters. The number of likely N-dealkylation sites (tertiary alicyclic amines) is 2. The zero-order valence-corrected chi connectivity index (χ0v) is 16.2. The van der Waals surface area contributed by atoms with Crippen LogP contribution in [0.2, 0.25) is 0 Å². The Morgan fingerprint density at radius 2 is 2.14 bits per heavy atom. The van der Waals surface area contributed by atoms with Gasteiger partial charge in [-0.2, -0.15) is 5.10 Å². The highest BCUT2D eigenvalue weighted by molar-refractivity contribution is 5.94. The number of carbonyl (C=O) groups excluding carboxylic acids is 2. The minimum atomic E-state index is -0.621. The van der Waals surface area contributed by atoms with Crippen LogP contribution in [0.3, 0.4) is 0 Å². The zero-order chi connectivity index (χ0) is 20.4. The van der Waals surface area contributed by atoms with Crippen molar-refractivity contribution in [1.29, 1.82) is 0 Å². The Bertz CT molecular complexity index is 911. The fraction of sp³-hybridized carbons (Fsp3) is 0.450. The van der Waals surface area contributed by atoms with Crippen LogP contribution >= 0.6 is 0 Å². The van der Waals surface area contributed by atoms with Gasteiger partial charge in [-0.05, 0) is 44.5 Å². The monoisotopic (exact) mass is 398 g/mol. The standard InChI is InChI=1S/C20H23FN6O2/c1-26-11-6-17(24-18(28)16-4-2-8-23-25-16)20(26)7-3-10-27(13-20)19(29)14-5-9-22-12-15(14)21/h2,4-5,8-9,12,17H,3,6-7,10-11,13H2,1H3,(H,24,28). The van der Waals surface area contributed by atoms with Crippen LogP contribution in [-0.2, 0) is 0 Å². The third-order valence-electron chi connectivity index (χ3n) is 6.06. The van der Waals surface area contributed by atoms with Crippen molar-refractivity contribution in [3.63, 3.8) is 0 Å². The number of likely N-dealkylation sites (N-methyl/N-ethyl adjacent to an activating group) is 1. The number of aromatic nitrogens is 3. The SMILES string of the molecule is CN1CCC(NC(=O)c2cccnn2)C12CCCN(C(=O)c1ccncc1F)C2. The molecule has 29 heavy (non-hydrogen) atoms. The van der Waals surface area contributed by atoms with E-state index in [4.69, 9.17) is 0 Å². The normalized spacial score (nSPS) is 24.6. The molecule has 0 aliphatic carbocycles. The highest BCUT2D eigenvalue weighted by Crippen LogP contribution is 2.37. The lowest BCUT2D eigenvalue weighted by Crippen LogP contribution is -2.64. The van der Waals surface area contributed by atoms with Crippen LogP contribution in [0.15, 0.2) is 36.8 Å². The molecule has 0 saturated carbocycles. The smallest absolute Gasteiger partial charge is 0.272 e. The number of halogens is 1. The molecule has 2 aliphatic rings. The number of hydrogen-bond donors (Lipinski definition) is 1. The summed E-state index contributed by atoms with van der Waals surface area (Å²) in [6.07, 6.45) is 6.39. The van der Waals surface area contributed by atoms with E-state index in [1.54, 1.807) is 17.0 Å².